The standard InChI is InChI=1S/C19H22O2S/c1-14(2)22-13-18(20)17-9-10-19(15(3)11-17)21-12-16-7-5-4-6-8-16/h4-11,14H,12-13H2,1-3H3. The highest BCUT2D eigenvalue weighted by molar-refractivity contribution is 8.00. The third kappa shape index (κ3) is 4.92. The molecule has 0 unspecified atom stereocenters. The van der Waals surface area contributed by atoms with Gasteiger partial charge in [0, 0.05) is 5.56 Å². The first-order chi connectivity index (χ1) is 10.6. The highest BCUT2D eigenvalue weighted by Crippen LogP contribution is 2.22. The quantitative estimate of drug-likeness (QED) is 0.680. The molecule has 0 saturated heterocycles. The topological polar surface area (TPSA) is 26.3 Å². The van der Waals surface area contributed by atoms with Crippen LogP contribution in [0.1, 0.15) is 35.3 Å². The van der Waals surface area contributed by atoms with Crippen molar-refractivity contribution in [3.8, 4) is 5.75 Å². The first-order valence-corrected chi connectivity index (χ1v) is 8.53. The van der Waals surface area contributed by atoms with Gasteiger partial charge in [-0.25, -0.2) is 0 Å². The SMILES string of the molecule is Cc1cc(C(=O)CSC(C)C)ccc1OCc1ccccc1. The summed E-state index contributed by atoms with van der Waals surface area (Å²) in [6.07, 6.45) is 0. The maximum Gasteiger partial charge on any atom is 0.172 e. The van der Waals surface area contributed by atoms with Crippen LogP contribution in [0.25, 0.3) is 0 Å². The Morgan fingerprint density at radius 1 is 1.14 bits per heavy atom. The average Bonchev–Trinajstić information content (AvgIpc) is 2.52. The molecule has 2 aromatic rings. The van der Waals surface area contributed by atoms with Gasteiger partial charge in [-0.3, -0.25) is 4.79 Å². The molecule has 0 N–H and O–H groups in total. The molecule has 0 bridgehead atoms. The smallest absolute Gasteiger partial charge is 0.172 e. The predicted molar refractivity (Wildman–Crippen MR) is 93.9 cm³/mol. The van der Waals surface area contributed by atoms with E-state index in [-0.39, 0.29) is 5.78 Å². The van der Waals surface area contributed by atoms with Crippen molar-refractivity contribution in [1.29, 1.82) is 0 Å². The highest BCUT2D eigenvalue weighted by atomic mass is 32.2. The third-order valence-electron chi connectivity index (χ3n) is 3.28. The number of thioether (sulfide) groups is 1. The summed E-state index contributed by atoms with van der Waals surface area (Å²) < 4.78 is 5.84. The largest absolute Gasteiger partial charge is 0.489 e. The molecule has 0 amide bonds. The van der Waals surface area contributed by atoms with Crippen LogP contribution >= 0.6 is 11.8 Å². The van der Waals surface area contributed by atoms with Crippen LogP contribution in [0.3, 0.4) is 0 Å². The van der Waals surface area contributed by atoms with E-state index in [1.54, 1.807) is 11.8 Å². The van der Waals surface area contributed by atoms with Crippen molar-refractivity contribution < 1.29 is 9.53 Å². The number of Topliss-reactive ketones (excluding diaryl/α,β-unsaturated/α-hetero) is 1. The summed E-state index contributed by atoms with van der Waals surface area (Å²) in [6, 6.07) is 15.7. The summed E-state index contributed by atoms with van der Waals surface area (Å²) in [6.45, 7) is 6.72. The van der Waals surface area contributed by atoms with Crippen LogP contribution in [0.4, 0.5) is 0 Å². The Kier molecular flexibility index (Phi) is 6.08. The Bertz CT molecular complexity index is 621. The molecule has 0 spiro atoms. The summed E-state index contributed by atoms with van der Waals surface area (Å²) in [5.74, 6) is 1.54. The second kappa shape index (κ2) is 8.04. The zero-order valence-electron chi connectivity index (χ0n) is 13.3. The van der Waals surface area contributed by atoms with Gasteiger partial charge in [-0.1, -0.05) is 44.2 Å². The maximum absolute atomic E-state index is 12.1. The molecule has 0 saturated carbocycles. The highest BCUT2D eigenvalue weighted by Gasteiger charge is 2.10. The Morgan fingerprint density at radius 2 is 1.86 bits per heavy atom. The van der Waals surface area contributed by atoms with Gasteiger partial charge < -0.3 is 4.74 Å². The molecule has 3 heteroatoms. The van der Waals surface area contributed by atoms with E-state index < -0.39 is 0 Å². The zero-order valence-corrected chi connectivity index (χ0v) is 14.2. The summed E-state index contributed by atoms with van der Waals surface area (Å²) in [5.41, 5.74) is 2.89. The van der Waals surface area contributed by atoms with Crippen molar-refractivity contribution in [2.75, 3.05) is 5.75 Å². The van der Waals surface area contributed by atoms with Crippen LogP contribution in [-0.2, 0) is 6.61 Å². The molecule has 22 heavy (non-hydrogen) atoms. The first-order valence-electron chi connectivity index (χ1n) is 7.48. The van der Waals surface area contributed by atoms with Crippen molar-refractivity contribution in [2.45, 2.75) is 32.6 Å². The van der Waals surface area contributed by atoms with Crippen LogP contribution in [0.15, 0.2) is 48.5 Å². The molecule has 0 aromatic heterocycles. The van der Waals surface area contributed by atoms with Gasteiger partial charge in [-0.2, -0.15) is 11.8 Å². The molecule has 0 aliphatic carbocycles. The van der Waals surface area contributed by atoms with E-state index in [4.69, 9.17) is 4.74 Å². The molecule has 0 heterocycles. The van der Waals surface area contributed by atoms with Crippen LogP contribution < -0.4 is 4.74 Å². The lowest BCUT2D eigenvalue weighted by molar-refractivity contribution is 0.102. The summed E-state index contributed by atoms with van der Waals surface area (Å²) in [5, 5.41) is 0.471. The molecule has 0 aliphatic heterocycles. The van der Waals surface area contributed by atoms with Gasteiger partial charge in [0.25, 0.3) is 0 Å². The van der Waals surface area contributed by atoms with Crippen molar-refractivity contribution in [3.63, 3.8) is 0 Å². The zero-order chi connectivity index (χ0) is 15.9. The number of ether oxygens (including phenoxy) is 1. The van der Waals surface area contributed by atoms with Gasteiger partial charge in [-0.15, -0.1) is 0 Å². The third-order valence-corrected chi connectivity index (χ3v) is 4.38. The minimum atomic E-state index is 0.177. The van der Waals surface area contributed by atoms with Gasteiger partial charge in [0.1, 0.15) is 12.4 Å². The molecular weight excluding hydrogens is 292 g/mol. The van der Waals surface area contributed by atoms with Crippen LogP contribution in [0, 0.1) is 6.92 Å². The average molecular weight is 314 g/mol. The molecule has 0 fully saturated rings. The van der Waals surface area contributed by atoms with E-state index in [0.717, 1.165) is 22.4 Å². The Hall–Kier alpha value is -1.74. The molecule has 2 aromatic carbocycles. The Morgan fingerprint density at radius 3 is 2.50 bits per heavy atom. The van der Waals surface area contributed by atoms with Crippen LogP contribution in [-0.4, -0.2) is 16.8 Å². The van der Waals surface area contributed by atoms with E-state index in [0.29, 0.717) is 17.6 Å². The second-order valence-electron chi connectivity index (χ2n) is 5.54. The monoisotopic (exact) mass is 314 g/mol. The number of aryl methyl sites for hydroxylation is 1. The fourth-order valence-corrected chi connectivity index (χ4v) is 2.70. The number of benzene rings is 2. The number of carbonyl (C=O) groups excluding carboxylic acids is 1. The molecule has 2 rings (SSSR count). The Balaban J connectivity index is 1.98. The predicted octanol–water partition coefficient (Wildman–Crippen LogP) is 4.90. The van der Waals surface area contributed by atoms with Gasteiger partial charge in [0.05, 0.1) is 5.75 Å². The number of ketones is 1. The Labute approximate surface area is 136 Å². The van der Waals surface area contributed by atoms with E-state index in [1.807, 2.05) is 55.5 Å². The molecule has 0 aliphatic rings. The fourth-order valence-electron chi connectivity index (χ4n) is 2.05. The normalized spacial score (nSPS) is 10.7. The van der Waals surface area contributed by atoms with E-state index >= 15 is 0 Å². The number of hydrogen-bond acceptors (Lipinski definition) is 3. The van der Waals surface area contributed by atoms with E-state index in [1.165, 1.54) is 0 Å². The van der Waals surface area contributed by atoms with Crippen molar-refractivity contribution in [3.05, 3.63) is 65.2 Å². The van der Waals surface area contributed by atoms with Crippen LogP contribution in [0.2, 0.25) is 0 Å². The summed E-state index contributed by atoms with van der Waals surface area (Å²) in [4.78, 5) is 12.1. The molecule has 0 radical (unpaired) electrons. The molecule has 2 nitrogen and oxygen atoms in total. The number of hydrogen-bond donors (Lipinski definition) is 0. The molecular formula is C19H22O2S. The summed E-state index contributed by atoms with van der Waals surface area (Å²) in [7, 11) is 0. The van der Waals surface area contributed by atoms with Crippen LogP contribution in [0.5, 0.6) is 5.75 Å². The van der Waals surface area contributed by atoms with Gasteiger partial charge in [0.2, 0.25) is 0 Å². The summed E-state index contributed by atoms with van der Waals surface area (Å²) >= 11 is 1.67. The number of rotatable bonds is 7. The molecule has 0 atom stereocenters. The van der Waals surface area contributed by atoms with Crippen molar-refractivity contribution in [1.82, 2.24) is 0 Å². The number of carbonyl (C=O) groups is 1. The van der Waals surface area contributed by atoms with Gasteiger partial charge >= 0.3 is 0 Å². The van der Waals surface area contributed by atoms with Gasteiger partial charge in [0.15, 0.2) is 5.78 Å². The van der Waals surface area contributed by atoms with Crippen molar-refractivity contribution >= 4 is 17.5 Å². The minimum Gasteiger partial charge on any atom is -0.489 e. The lowest BCUT2D eigenvalue weighted by Gasteiger charge is -2.11. The van der Waals surface area contributed by atoms with E-state index in [2.05, 4.69) is 13.8 Å². The maximum atomic E-state index is 12.1. The fraction of sp³-hybridized carbons (Fsp3) is 0.316. The lowest BCUT2D eigenvalue weighted by Crippen LogP contribution is -2.06. The first kappa shape index (κ1) is 16.6. The van der Waals surface area contributed by atoms with Gasteiger partial charge in [-0.05, 0) is 41.5 Å². The minimum absolute atomic E-state index is 0.177. The van der Waals surface area contributed by atoms with Crippen molar-refractivity contribution in [2.24, 2.45) is 0 Å². The van der Waals surface area contributed by atoms with E-state index in [9.17, 15) is 4.79 Å². The second-order valence-corrected chi connectivity index (χ2v) is 7.10. The lowest BCUT2D eigenvalue weighted by atomic mass is 10.1. The molecule has 116 valence electrons.